The molecule has 3 aromatic rings. The number of aromatic nitrogens is 1. The zero-order valence-electron chi connectivity index (χ0n) is 18.3. The van der Waals surface area contributed by atoms with Crippen molar-refractivity contribution in [2.24, 2.45) is 0 Å². The van der Waals surface area contributed by atoms with Gasteiger partial charge < -0.3 is 14.4 Å². The number of Topliss-reactive ketones (excluding diaryl/α,β-unsaturated/α-hetero) is 1. The van der Waals surface area contributed by atoms with Crippen LogP contribution in [0.1, 0.15) is 46.3 Å². The van der Waals surface area contributed by atoms with Crippen LogP contribution in [0.5, 0.6) is 11.6 Å². The van der Waals surface area contributed by atoms with Crippen LogP contribution in [0.4, 0.5) is 5.69 Å². The Morgan fingerprint density at radius 3 is 2.62 bits per heavy atom. The lowest BCUT2D eigenvalue weighted by Crippen LogP contribution is -2.23. The van der Waals surface area contributed by atoms with Crippen molar-refractivity contribution in [3.63, 3.8) is 0 Å². The van der Waals surface area contributed by atoms with E-state index in [1.165, 1.54) is 5.56 Å². The summed E-state index contributed by atoms with van der Waals surface area (Å²) < 4.78 is 10.6. The Balaban J connectivity index is 1.44. The largest absolute Gasteiger partial charge is 0.491 e. The molecule has 1 aromatic heterocycles. The maximum atomic E-state index is 13.1. The van der Waals surface area contributed by atoms with E-state index in [1.54, 1.807) is 27.3 Å². The molecule has 0 saturated carbocycles. The number of benzene rings is 2. The van der Waals surface area contributed by atoms with E-state index < -0.39 is 0 Å². The third-order valence-electron chi connectivity index (χ3n) is 6.48. The molecule has 6 nitrogen and oxygen atoms in total. The number of ketones is 1. The number of methoxy groups -OCH3 is 2. The van der Waals surface area contributed by atoms with Crippen LogP contribution < -0.4 is 14.4 Å². The summed E-state index contributed by atoms with van der Waals surface area (Å²) in [4.78, 5) is 31.1. The van der Waals surface area contributed by atoms with E-state index in [0.717, 1.165) is 40.8 Å². The summed E-state index contributed by atoms with van der Waals surface area (Å²) in [5, 5.41) is 0. The van der Waals surface area contributed by atoms with Crippen molar-refractivity contribution >= 4 is 17.4 Å². The Kier molecular flexibility index (Phi) is 4.93. The highest BCUT2D eigenvalue weighted by molar-refractivity contribution is 6.10. The lowest BCUT2D eigenvalue weighted by atomic mass is 9.97. The zero-order chi connectivity index (χ0) is 22.4. The Hall–Kier alpha value is -3.67. The van der Waals surface area contributed by atoms with Gasteiger partial charge in [0.15, 0.2) is 5.75 Å². The number of hydrogen-bond acceptors (Lipinski definition) is 5. The minimum Gasteiger partial charge on any atom is -0.491 e. The summed E-state index contributed by atoms with van der Waals surface area (Å²) in [5.74, 6) is 1.19. The minimum atomic E-state index is -0.0109. The second kappa shape index (κ2) is 7.79. The van der Waals surface area contributed by atoms with Crippen LogP contribution in [0, 0.1) is 0 Å². The SMILES string of the molecule is COc1cc(-c2ccc3c(c2)CN(c2ccc4c(c2)CCC4C(C)=O)C3=O)cnc1OC. The van der Waals surface area contributed by atoms with E-state index in [1.807, 2.05) is 41.3 Å². The van der Waals surface area contributed by atoms with E-state index >= 15 is 0 Å². The summed E-state index contributed by atoms with van der Waals surface area (Å²) in [6, 6.07) is 13.8. The first-order chi connectivity index (χ1) is 15.5. The first-order valence-electron chi connectivity index (χ1n) is 10.7. The van der Waals surface area contributed by atoms with Crippen molar-refractivity contribution in [1.82, 2.24) is 4.98 Å². The average Bonchev–Trinajstić information content (AvgIpc) is 3.39. The van der Waals surface area contributed by atoms with Gasteiger partial charge in [-0.15, -0.1) is 0 Å². The molecular formula is C26H24N2O4. The van der Waals surface area contributed by atoms with Gasteiger partial charge in [0.25, 0.3) is 11.8 Å². The van der Waals surface area contributed by atoms with Crippen molar-refractivity contribution < 1.29 is 19.1 Å². The molecule has 1 aliphatic carbocycles. The van der Waals surface area contributed by atoms with Crippen molar-refractivity contribution in [2.45, 2.75) is 32.2 Å². The number of anilines is 1. The fraction of sp³-hybridized carbons (Fsp3) is 0.269. The van der Waals surface area contributed by atoms with Crippen LogP contribution in [0.15, 0.2) is 48.7 Å². The number of ether oxygens (including phenoxy) is 2. The fourth-order valence-corrected chi connectivity index (χ4v) is 4.79. The molecule has 1 aliphatic heterocycles. The molecule has 0 saturated heterocycles. The molecule has 2 aromatic carbocycles. The average molecular weight is 428 g/mol. The molecular weight excluding hydrogens is 404 g/mol. The first-order valence-corrected chi connectivity index (χ1v) is 10.7. The van der Waals surface area contributed by atoms with Gasteiger partial charge in [-0.05, 0) is 72.4 Å². The summed E-state index contributed by atoms with van der Waals surface area (Å²) in [5.41, 5.74) is 6.70. The van der Waals surface area contributed by atoms with Gasteiger partial charge in [0.2, 0.25) is 0 Å². The molecule has 162 valence electrons. The predicted octanol–water partition coefficient (Wildman–Crippen LogP) is 4.55. The minimum absolute atomic E-state index is 0.00180. The molecule has 6 heteroatoms. The number of aryl methyl sites for hydroxylation is 1. The molecule has 1 atom stereocenters. The molecule has 0 spiro atoms. The third kappa shape index (κ3) is 3.23. The molecule has 1 unspecified atom stereocenters. The van der Waals surface area contributed by atoms with Gasteiger partial charge in [0.05, 0.1) is 20.8 Å². The Morgan fingerprint density at radius 2 is 1.88 bits per heavy atom. The number of fused-ring (bicyclic) bond motifs is 2. The maximum absolute atomic E-state index is 13.1. The van der Waals surface area contributed by atoms with E-state index in [0.29, 0.717) is 23.7 Å². The van der Waals surface area contributed by atoms with Crippen LogP contribution in [0.3, 0.4) is 0 Å². The van der Waals surface area contributed by atoms with Crippen LogP contribution >= 0.6 is 0 Å². The van der Waals surface area contributed by atoms with Crippen LogP contribution in [0.25, 0.3) is 11.1 Å². The number of pyridine rings is 1. The molecule has 0 N–H and O–H groups in total. The number of nitrogens with zero attached hydrogens (tertiary/aromatic N) is 2. The van der Waals surface area contributed by atoms with Crippen molar-refractivity contribution in [1.29, 1.82) is 0 Å². The molecule has 0 radical (unpaired) electrons. The zero-order valence-corrected chi connectivity index (χ0v) is 18.3. The van der Waals surface area contributed by atoms with Gasteiger partial charge in [-0.2, -0.15) is 0 Å². The Morgan fingerprint density at radius 1 is 1.03 bits per heavy atom. The summed E-state index contributed by atoms with van der Waals surface area (Å²) in [7, 11) is 3.14. The van der Waals surface area contributed by atoms with E-state index in [-0.39, 0.29) is 17.6 Å². The summed E-state index contributed by atoms with van der Waals surface area (Å²) >= 11 is 0. The van der Waals surface area contributed by atoms with Crippen molar-refractivity contribution in [3.8, 4) is 22.8 Å². The third-order valence-corrected chi connectivity index (χ3v) is 6.48. The Bertz CT molecular complexity index is 1250. The standard InChI is InChI=1S/C26H24N2O4/c1-15(29)21-7-5-17-11-20(6-9-22(17)21)28-14-19-10-16(4-8-23(19)26(28)30)18-12-24(31-2)25(32-3)27-13-18/h4,6,8-13,21H,5,7,14H2,1-3H3. The quantitative estimate of drug-likeness (QED) is 0.597. The monoisotopic (exact) mass is 428 g/mol. The van der Waals surface area contributed by atoms with E-state index in [4.69, 9.17) is 9.47 Å². The molecule has 0 bridgehead atoms. The van der Waals surface area contributed by atoms with Crippen LogP contribution in [-0.2, 0) is 17.8 Å². The normalized spacial score (nSPS) is 16.7. The molecule has 5 rings (SSSR count). The number of amides is 1. The summed E-state index contributed by atoms with van der Waals surface area (Å²) in [6.07, 6.45) is 3.47. The van der Waals surface area contributed by atoms with Crippen molar-refractivity contribution in [3.05, 3.63) is 70.9 Å². The van der Waals surface area contributed by atoms with Gasteiger partial charge in [0, 0.05) is 28.9 Å². The number of hydrogen-bond donors (Lipinski definition) is 0. The van der Waals surface area contributed by atoms with Crippen molar-refractivity contribution in [2.75, 3.05) is 19.1 Å². The van der Waals surface area contributed by atoms with Gasteiger partial charge in [-0.3, -0.25) is 9.59 Å². The van der Waals surface area contributed by atoms with Gasteiger partial charge in [0.1, 0.15) is 5.78 Å². The van der Waals surface area contributed by atoms with E-state index in [2.05, 4.69) is 11.1 Å². The highest BCUT2D eigenvalue weighted by Crippen LogP contribution is 2.38. The fourth-order valence-electron chi connectivity index (χ4n) is 4.79. The smallest absolute Gasteiger partial charge is 0.258 e. The highest BCUT2D eigenvalue weighted by atomic mass is 16.5. The first kappa shape index (κ1) is 20.2. The topological polar surface area (TPSA) is 68.7 Å². The highest BCUT2D eigenvalue weighted by Gasteiger charge is 2.31. The lowest BCUT2D eigenvalue weighted by Gasteiger charge is -2.17. The number of rotatable bonds is 5. The van der Waals surface area contributed by atoms with Gasteiger partial charge in [-0.25, -0.2) is 4.98 Å². The Labute approximate surface area is 186 Å². The number of carbonyl (C=O) groups excluding carboxylic acids is 2. The van der Waals surface area contributed by atoms with Gasteiger partial charge in [-0.1, -0.05) is 12.1 Å². The van der Waals surface area contributed by atoms with E-state index in [9.17, 15) is 9.59 Å². The second-order valence-electron chi connectivity index (χ2n) is 8.28. The molecule has 2 heterocycles. The molecule has 0 fully saturated rings. The van der Waals surface area contributed by atoms with Crippen LogP contribution in [-0.4, -0.2) is 30.9 Å². The summed E-state index contributed by atoms with van der Waals surface area (Å²) in [6.45, 7) is 2.16. The maximum Gasteiger partial charge on any atom is 0.258 e. The molecule has 2 aliphatic rings. The number of carbonyl (C=O) groups is 2. The second-order valence-corrected chi connectivity index (χ2v) is 8.28. The van der Waals surface area contributed by atoms with Crippen LogP contribution in [0.2, 0.25) is 0 Å². The lowest BCUT2D eigenvalue weighted by molar-refractivity contribution is -0.118. The predicted molar refractivity (Wildman–Crippen MR) is 121 cm³/mol. The van der Waals surface area contributed by atoms with Gasteiger partial charge >= 0.3 is 0 Å². The molecule has 1 amide bonds. The molecule has 32 heavy (non-hydrogen) atoms.